The lowest BCUT2D eigenvalue weighted by Gasteiger charge is -2.07. The van der Waals surface area contributed by atoms with Gasteiger partial charge in [-0.25, -0.2) is 0 Å². The van der Waals surface area contributed by atoms with Gasteiger partial charge in [-0.05, 0) is 23.8 Å². The average molecular weight is 247 g/mol. The summed E-state index contributed by atoms with van der Waals surface area (Å²) in [4.78, 5) is 15.8. The molecule has 0 unspecified atom stereocenters. The van der Waals surface area contributed by atoms with Crippen molar-refractivity contribution in [1.82, 2.24) is 4.98 Å². The first-order valence-corrected chi connectivity index (χ1v) is 5.92. The summed E-state index contributed by atoms with van der Waals surface area (Å²) in [7, 11) is 1.61. The van der Waals surface area contributed by atoms with Crippen LogP contribution >= 0.6 is 12.6 Å². The number of thiol groups is 1. The number of ether oxygens (including phenoxy) is 1. The number of ketones is 1. The van der Waals surface area contributed by atoms with E-state index in [1.165, 1.54) is 0 Å². The molecule has 0 aliphatic carbocycles. The third-order valence-electron chi connectivity index (χ3n) is 2.56. The third kappa shape index (κ3) is 2.58. The normalized spacial score (nSPS) is 10.5. The second-order valence-corrected chi connectivity index (χ2v) is 4.05. The zero-order valence-electron chi connectivity index (χ0n) is 9.51. The minimum absolute atomic E-state index is 0.0774. The summed E-state index contributed by atoms with van der Waals surface area (Å²) in [5, 5.41) is 0.980. The van der Waals surface area contributed by atoms with Crippen LogP contribution in [0.2, 0.25) is 0 Å². The first-order chi connectivity index (χ1) is 8.24. The van der Waals surface area contributed by atoms with Gasteiger partial charge in [-0.1, -0.05) is 6.07 Å². The van der Waals surface area contributed by atoms with Gasteiger partial charge in [0.25, 0.3) is 0 Å². The predicted octanol–water partition coefficient (Wildman–Crippen LogP) is 2.28. The molecule has 2 aromatic rings. The molecule has 1 aromatic heterocycles. The molecule has 3 nitrogen and oxygen atoms in total. The van der Waals surface area contributed by atoms with Crippen molar-refractivity contribution in [2.24, 2.45) is 0 Å². The van der Waals surface area contributed by atoms with Crippen molar-refractivity contribution < 1.29 is 9.53 Å². The van der Waals surface area contributed by atoms with E-state index in [1.54, 1.807) is 13.3 Å². The highest BCUT2D eigenvalue weighted by Gasteiger charge is 2.09. The number of carbonyl (C=O) groups excluding carboxylic acids is 1. The Hall–Kier alpha value is -1.55. The van der Waals surface area contributed by atoms with Crippen LogP contribution in [-0.2, 0) is 11.2 Å². The van der Waals surface area contributed by atoms with Crippen molar-refractivity contribution >= 4 is 29.3 Å². The van der Waals surface area contributed by atoms with E-state index in [4.69, 9.17) is 4.74 Å². The van der Waals surface area contributed by atoms with Crippen LogP contribution in [0.5, 0.6) is 5.75 Å². The number of rotatable bonds is 4. The topological polar surface area (TPSA) is 39.2 Å². The van der Waals surface area contributed by atoms with Crippen LogP contribution in [-0.4, -0.2) is 23.6 Å². The molecule has 0 aliphatic heterocycles. The van der Waals surface area contributed by atoms with Gasteiger partial charge >= 0.3 is 0 Å². The molecule has 2 rings (SSSR count). The van der Waals surface area contributed by atoms with E-state index in [1.807, 2.05) is 24.3 Å². The lowest BCUT2D eigenvalue weighted by atomic mass is 10.0. The second-order valence-electron chi connectivity index (χ2n) is 3.74. The van der Waals surface area contributed by atoms with Crippen molar-refractivity contribution in [2.75, 3.05) is 12.9 Å². The molecule has 0 atom stereocenters. The highest BCUT2D eigenvalue weighted by Crippen LogP contribution is 2.24. The molecule has 88 valence electrons. The van der Waals surface area contributed by atoms with E-state index >= 15 is 0 Å². The van der Waals surface area contributed by atoms with Gasteiger partial charge in [0, 0.05) is 23.8 Å². The monoisotopic (exact) mass is 247 g/mol. The van der Waals surface area contributed by atoms with Gasteiger partial charge in [0.1, 0.15) is 11.5 Å². The van der Waals surface area contributed by atoms with Crippen LogP contribution in [0.4, 0.5) is 0 Å². The number of Topliss-reactive ketones (excluding diaryl/α,β-unsaturated/α-hetero) is 1. The standard InChI is InChI=1S/C13H13NO2S/c1-16-12-6-9-3-2-4-14-13(9)10(7-12)5-11(15)8-17/h2-4,6-7,17H,5,8H2,1H3. The number of benzene rings is 1. The molecule has 0 N–H and O–H groups in total. The number of fused-ring (bicyclic) bond motifs is 1. The van der Waals surface area contributed by atoms with Crippen LogP contribution < -0.4 is 4.74 Å². The lowest BCUT2D eigenvalue weighted by Crippen LogP contribution is -2.05. The fraction of sp³-hybridized carbons (Fsp3) is 0.231. The molecule has 1 heterocycles. The van der Waals surface area contributed by atoms with Crippen molar-refractivity contribution in [3.63, 3.8) is 0 Å². The molecule has 17 heavy (non-hydrogen) atoms. The number of carbonyl (C=O) groups is 1. The molecule has 0 saturated carbocycles. The Kier molecular flexibility index (Phi) is 3.64. The number of hydrogen-bond acceptors (Lipinski definition) is 4. The summed E-state index contributed by atoms with van der Waals surface area (Å²) in [6.07, 6.45) is 2.07. The lowest BCUT2D eigenvalue weighted by molar-refractivity contribution is -0.115. The average Bonchev–Trinajstić information content (AvgIpc) is 2.38. The van der Waals surface area contributed by atoms with Crippen LogP contribution in [0.25, 0.3) is 10.9 Å². The summed E-state index contributed by atoms with van der Waals surface area (Å²) in [5.41, 5.74) is 1.74. The number of methoxy groups -OCH3 is 1. The van der Waals surface area contributed by atoms with Crippen molar-refractivity contribution in [3.05, 3.63) is 36.0 Å². The smallest absolute Gasteiger partial charge is 0.146 e. The molecule has 0 aliphatic rings. The second kappa shape index (κ2) is 5.19. The largest absolute Gasteiger partial charge is 0.497 e. The quantitative estimate of drug-likeness (QED) is 0.842. The Morgan fingerprint density at radius 3 is 3.00 bits per heavy atom. The number of pyridine rings is 1. The van der Waals surface area contributed by atoms with Gasteiger partial charge in [-0.2, -0.15) is 12.6 Å². The summed E-state index contributed by atoms with van der Waals surface area (Å²) in [6, 6.07) is 7.60. The predicted molar refractivity (Wildman–Crippen MR) is 70.9 cm³/mol. The van der Waals surface area contributed by atoms with Gasteiger partial charge in [-0.15, -0.1) is 0 Å². The molecule has 0 saturated heterocycles. The third-order valence-corrected chi connectivity index (χ3v) is 2.91. The van der Waals surface area contributed by atoms with Crippen LogP contribution in [0.15, 0.2) is 30.5 Å². The van der Waals surface area contributed by atoms with E-state index in [0.717, 1.165) is 22.2 Å². The number of hydrogen-bond donors (Lipinski definition) is 1. The van der Waals surface area contributed by atoms with Crippen LogP contribution in [0.1, 0.15) is 5.56 Å². The summed E-state index contributed by atoms with van der Waals surface area (Å²) in [5.74, 6) is 1.06. The van der Waals surface area contributed by atoms with Crippen LogP contribution in [0, 0.1) is 0 Å². The zero-order chi connectivity index (χ0) is 12.3. The minimum atomic E-state index is 0.0774. The van der Waals surface area contributed by atoms with Gasteiger partial charge in [0.15, 0.2) is 0 Å². The summed E-state index contributed by atoms with van der Waals surface area (Å²) >= 11 is 3.99. The van der Waals surface area contributed by atoms with Crippen molar-refractivity contribution in [3.8, 4) is 5.75 Å². The minimum Gasteiger partial charge on any atom is -0.497 e. The molecular formula is C13H13NO2S. The summed E-state index contributed by atoms with van der Waals surface area (Å²) in [6.45, 7) is 0. The Bertz CT molecular complexity index is 554. The van der Waals surface area contributed by atoms with E-state index in [9.17, 15) is 4.79 Å². The molecule has 0 amide bonds. The van der Waals surface area contributed by atoms with Gasteiger partial charge in [0.2, 0.25) is 0 Å². The Balaban J connectivity index is 2.54. The Morgan fingerprint density at radius 1 is 1.47 bits per heavy atom. The highest BCUT2D eigenvalue weighted by atomic mass is 32.1. The highest BCUT2D eigenvalue weighted by molar-refractivity contribution is 7.81. The van der Waals surface area contributed by atoms with Crippen molar-refractivity contribution in [1.29, 1.82) is 0 Å². The molecule has 4 heteroatoms. The zero-order valence-corrected chi connectivity index (χ0v) is 10.4. The fourth-order valence-corrected chi connectivity index (χ4v) is 1.87. The van der Waals surface area contributed by atoms with E-state index in [-0.39, 0.29) is 11.5 Å². The fourth-order valence-electron chi connectivity index (χ4n) is 1.76. The SMILES string of the molecule is COc1cc(CC(=O)CS)c2ncccc2c1. The Labute approximate surface area is 105 Å². The van der Waals surface area contributed by atoms with E-state index in [0.29, 0.717) is 6.42 Å². The van der Waals surface area contributed by atoms with Gasteiger partial charge in [-0.3, -0.25) is 9.78 Å². The molecular weight excluding hydrogens is 234 g/mol. The number of nitrogens with zero attached hydrogens (tertiary/aromatic N) is 1. The maximum absolute atomic E-state index is 11.5. The first kappa shape index (κ1) is 11.9. The molecule has 0 fully saturated rings. The first-order valence-electron chi connectivity index (χ1n) is 5.29. The maximum atomic E-state index is 11.5. The van der Waals surface area contributed by atoms with Crippen LogP contribution in [0.3, 0.4) is 0 Å². The number of aromatic nitrogens is 1. The van der Waals surface area contributed by atoms with Crippen molar-refractivity contribution in [2.45, 2.75) is 6.42 Å². The van der Waals surface area contributed by atoms with E-state index in [2.05, 4.69) is 17.6 Å². The van der Waals surface area contributed by atoms with Gasteiger partial charge in [0.05, 0.1) is 12.6 Å². The maximum Gasteiger partial charge on any atom is 0.146 e. The molecule has 0 radical (unpaired) electrons. The molecule has 0 spiro atoms. The Morgan fingerprint density at radius 2 is 2.29 bits per heavy atom. The molecule has 1 aromatic carbocycles. The molecule has 0 bridgehead atoms. The van der Waals surface area contributed by atoms with E-state index < -0.39 is 0 Å². The summed E-state index contributed by atoms with van der Waals surface area (Å²) < 4.78 is 5.22. The van der Waals surface area contributed by atoms with Gasteiger partial charge < -0.3 is 4.74 Å².